The third-order valence-corrected chi connectivity index (χ3v) is 2.54. The molecule has 0 radical (unpaired) electrons. The summed E-state index contributed by atoms with van der Waals surface area (Å²) in [5.74, 6) is -0.216. The van der Waals surface area contributed by atoms with Crippen molar-refractivity contribution in [2.75, 3.05) is 13.7 Å². The van der Waals surface area contributed by atoms with Crippen molar-refractivity contribution in [1.82, 2.24) is 10.7 Å². The van der Waals surface area contributed by atoms with Crippen LogP contribution in [0.1, 0.15) is 5.56 Å². The van der Waals surface area contributed by atoms with Crippen molar-refractivity contribution >= 4 is 29.2 Å². The van der Waals surface area contributed by atoms with E-state index in [1.807, 2.05) is 0 Å². The van der Waals surface area contributed by atoms with Gasteiger partial charge in [-0.15, -0.1) is 6.58 Å². The topological polar surface area (TPSA) is 109 Å². The van der Waals surface area contributed by atoms with Crippen LogP contribution in [-0.4, -0.2) is 35.0 Å². The maximum Gasteiger partial charge on any atom is 0.282 e. The number of aromatic hydroxyl groups is 1. The summed E-state index contributed by atoms with van der Waals surface area (Å²) < 4.78 is 4.82. The van der Waals surface area contributed by atoms with Crippen LogP contribution in [0.2, 0.25) is 0 Å². The summed E-state index contributed by atoms with van der Waals surface area (Å²) >= 11 is 4.90. The van der Waals surface area contributed by atoms with Crippen LogP contribution in [0, 0.1) is 10.1 Å². The van der Waals surface area contributed by atoms with Gasteiger partial charge in [-0.05, 0) is 18.3 Å². The largest absolute Gasteiger partial charge is 0.504 e. The first-order valence-electron chi connectivity index (χ1n) is 5.72. The second-order valence-corrected chi connectivity index (χ2v) is 4.12. The van der Waals surface area contributed by atoms with E-state index in [0.717, 1.165) is 6.07 Å². The third-order valence-electron chi connectivity index (χ3n) is 2.30. The van der Waals surface area contributed by atoms with Crippen molar-refractivity contribution in [3.05, 3.63) is 40.5 Å². The number of phenolic OH excluding ortho intramolecular Hbond substituents is 1. The van der Waals surface area contributed by atoms with Gasteiger partial charge in [0.25, 0.3) is 5.69 Å². The SMILES string of the molecule is C=CCNC(=S)N/N=C/c1cc(O)c(OC)cc1[N+](=O)[O-]. The number of ether oxygens (including phenoxy) is 1. The van der Waals surface area contributed by atoms with Crippen LogP contribution in [-0.2, 0) is 0 Å². The Hall–Kier alpha value is -2.68. The van der Waals surface area contributed by atoms with Gasteiger partial charge < -0.3 is 15.2 Å². The van der Waals surface area contributed by atoms with E-state index in [9.17, 15) is 15.2 Å². The fourth-order valence-electron chi connectivity index (χ4n) is 1.36. The lowest BCUT2D eigenvalue weighted by atomic mass is 10.1. The number of hydrogen-bond donors (Lipinski definition) is 3. The average molecular weight is 310 g/mol. The van der Waals surface area contributed by atoms with Crippen molar-refractivity contribution < 1.29 is 14.8 Å². The number of rotatable bonds is 6. The van der Waals surface area contributed by atoms with Crippen molar-refractivity contribution in [2.24, 2.45) is 5.10 Å². The second-order valence-electron chi connectivity index (χ2n) is 3.71. The van der Waals surface area contributed by atoms with E-state index >= 15 is 0 Å². The van der Waals surface area contributed by atoms with Crippen molar-refractivity contribution in [3.63, 3.8) is 0 Å². The number of hydrazone groups is 1. The number of phenols is 1. The zero-order chi connectivity index (χ0) is 15.8. The summed E-state index contributed by atoms with van der Waals surface area (Å²) in [6, 6.07) is 2.30. The molecule has 0 saturated heterocycles. The number of benzene rings is 1. The van der Waals surface area contributed by atoms with Gasteiger partial charge in [-0.3, -0.25) is 15.5 Å². The molecule has 8 nitrogen and oxygen atoms in total. The first-order valence-corrected chi connectivity index (χ1v) is 6.13. The van der Waals surface area contributed by atoms with Crippen LogP contribution < -0.4 is 15.5 Å². The van der Waals surface area contributed by atoms with Crippen molar-refractivity contribution in [2.45, 2.75) is 0 Å². The van der Waals surface area contributed by atoms with Gasteiger partial charge in [0.2, 0.25) is 0 Å². The molecule has 0 aliphatic rings. The number of nitro benzene ring substituents is 1. The molecule has 0 unspecified atom stereocenters. The molecule has 0 heterocycles. The van der Waals surface area contributed by atoms with E-state index < -0.39 is 4.92 Å². The van der Waals surface area contributed by atoms with Gasteiger partial charge in [0.05, 0.1) is 29.9 Å². The Morgan fingerprint density at radius 3 is 2.95 bits per heavy atom. The molecule has 1 aromatic rings. The van der Waals surface area contributed by atoms with Gasteiger partial charge in [0, 0.05) is 6.54 Å². The molecule has 0 aliphatic carbocycles. The maximum absolute atomic E-state index is 11.0. The quantitative estimate of drug-likeness (QED) is 0.239. The molecule has 1 aromatic carbocycles. The normalized spacial score (nSPS) is 10.1. The highest BCUT2D eigenvalue weighted by molar-refractivity contribution is 7.80. The molecule has 0 aromatic heterocycles. The molecule has 0 atom stereocenters. The predicted molar refractivity (Wildman–Crippen MR) is 82.8 cm³/mol. The molecule has 9 heteroatoms. The number of thiocarbonyl (C=S) groups is 1. The molecule has 21 heavy (non-hydrogen) atoms. The zero-order valence-electron chi connectivity index (χ0n) is 11.2. The number of hydrogen-bond acceptors (Lipinski definition) is 6. The minimum absolute atomic E-state index is 0.00924. The van der Waals surface area contributed by atoms with Crippen LogP contribution in [0.15, 0.2) is 29.9 Å². The molecule has 1 rings (SSSR count). The summed E-state index contributed by atoms with van der Waals surface area (Å²) in [7, 11) is 1.30. The van der Waals surface area contributed by atoms with Crippen LogP contribution in [0.4, 0.5) is 5.69 Å². The van der Waals surface area contributed by atoms with E-state index in [4.69, 9.17) is 17.0 Å². The Balaban J connectivity index is 2.91. The van der Waals surface area contributed by atoms with Gasteiger partial charge in [-0.25, -0.2) is 0 Å². The minimum Gasteiger partial charge on any atom is -0.504 e. The highest BCUT2D eigenvalue weighted by Gasteiger charge is 2.17. The van der Waals surface area contributed by atoms with E-state index in [1.54, 1.807) is 6.08 Å². The summed E-state index contributed by atoms with van der Waals surface area (Å²) in [5, 5.41) is 27.4. The predicted octanol–water partition coefficient (Wildman–Crippen LogP) is 1.29. The number of nitrogens with zero attached hydrogens (tertiary/aromatic N) is 2. The summed E-state index contributed by atoms with van der Waals surface area (Å²) in [4.78, 5) is 10.4. The molecule has 3 N–H and O–H groups in total. The van der Waals surface area contributed by atoms with Crippen LogP contribution in [0.25, 0.3) is 0 Å². The Bertz CT molecular complexity index is 589. The molecule has 0 bridgehead atoms. The fraction of sp³-hybridized carbons (Fsp3) is 0.167. The number of nitro groups is 1. The Kier molecular flexibility index (Phi) is 6.08. The minimum atomic E-state index is -0.600. The molecule has 0 amide bonds. The monoisotopic (exact) mass is 310 g/mol. The lowest BCUT2D eigenvalue weighted by molar-refractivity contribution is -0.385. The van der Waals surface area contributed by atoms with Gasteiger partial charge in [-0.2, -0.15) is 5.10 Å². The molecular formula is C12H14N4O4S. The first-order chi connectivity index (χ1) is 9.99. The van der Waals surface area contributed by atoms with E-state index in [1.165, 1.54) is 19.4 Å². The van der Waals surface area contributed by atoms with E-state index in [-0.39, 0.29) is 27.9 Å². The molecule has 0 fully saturated rings. The molecule has 0 spiro atoms. The molecule has 0 aliphatic heterocycles. The average Bonchev–Trinajstić information content (AvgIpc) is 2.45. The molecular weight excluding hydrogens is 296 g/mol. The summed E-state index contributed by atoms with van der Waals surface area (Å²) in [5.41, 5.74) is 2.35. The van der Waals surface area contributed by atoms with Crippen molar-refractivity contribution in [1.29, 1.82) is 0 Å². The molecule has 112 valence electrons. The van der Waals surface area contributed by atoms with E-state index in [2.05, 4.69) is 22.4 Å². The van der Waals surface area contributed by atoms with Gasteiger partial charge in [-0.1, -0.05) is 6.08 Å². The van der Waals surface area contributed by atoms with Crippen LogP contribution >= 0.6 is 12.2 Å². The standard InChI is InChI=1S/C12H14N4O4S/c1-3-4-13-12(21)15-14-7-8-5-10(17)11(20-2)6-9(8)16(18)19/h3,5-7,17H,1,4H2,2H3,(H2,13,15,21)/b14-7+. The smallest absolute Gasteiger partial charge is 0.282 e. The highest BCUT2D eigenvalue weighted by atomic mass is 32.1. The van der Waals surface area contributed by atoms with Gasteiger partial charge >= 0.3 is 0 Å². The fourth-order valence-corrected chi connectivity index (χ4v) is 1.50. The number of methoxy groups -OCH3 is 1. The third kappa shape index (κ3) is 4.73. The second kappa shape index (κ2) is 7.80. The van der Waals surface area contributed by atoms with Gasteiger partial charge in [0.15, 0.2) is 16.6 Å². The summed E-state index contributed by atoms with van der Waals surface area (Å²) in [6.07, 6.45) is 2.79. The molecule has 0 saturated carbocycles. The first kappa shape index (κ1) is 16.4. The van der Waals surface area contributed by atoms with Crippen LogP contribution in [0.5, 0.6) is 11.5 Å². The highest BCUT2D eigenvalue weighted by Crippen LogP contribution is 2.32. The van der Waals surface area contributed by atoms with Crippen LogP contribution in [0.3, 0.4) is 0 Å². The van der Waals surface area contributed by atoms with Crippen molar-refractivity contribution in [3.8, 4) is 11.5 Å². The maximum atomic E-state index is 11.0. The Labute approximate surface area is 126 Å². The lowest BCUT2D eigenvalue weighted by Gasteiger charge is -2.05. The lowest BCUT2D eigenvalue weighted by Crippen LogP contribution is -2.31. The van der Waals surface area contributed by atoms with E-state index in [0.29, 0.717) is 6.54 Å². The Morgan fingerprint density at radius 1 is 1.67 bits per heavy atom. The number of nitrogens with one attached hydrogen (secondary N) is 2. The summed E-state index contributed by atoms with van der Waals surface area (Å²) in [6.45, 7) is 3.98. The van der Waals surface area contributed by atoms with Gasteiger partial charge in [0.1, 0.15) is 0 Å². The Morgan fingerprint density at radius 2 is 2.38 bits per heavy atom. The zero-order valence-corrected chi connectivity index (χ0v) is 12.0.